The number of phenols is 8. The summed E-state index contributed by atoms with van der Waals surface area (Å²) in [6, 6.07) is 1.30. The fraction of sp³-hybridized carbons (Fsp3) is 0. The van der Waals surface area contributed by atoms with Gasteiger partial charge >= 0.3 is 17.9 Å². The summed E-state index contributed by atoms with van der Waals surface area (Å²) >= 11 is 0. The molecule has 0 heterocycles. The van der Waals surface area contributed by atoms with Gasteiger partial charge in [0.2, 0.25) is 23.0 Å². The van der Waals surface area contributed by atoms with Gasteiger partial charge in [-0.3, -0.25) is 0 Å². The number of aromatic hydroxyl groups is 8. The quantitative estimate of drug-likeness (QED) is 0.213. The number of phenolic OH excluding ortho intramolecular Hbond substituents is 8. The van der Waals surface area contributed by atoms with Gasteiger partial charge in [-0.05, 0) is 6.07 Å². The molecule has 0 saturated heterocycles. The molecule has 0 amide bonds. The topological polar surface area (TPSA) is 283 Å². The fourth-order valence-electron chi connectivity index (χ4n) is 3.20. The molecule has 0 radical (unpaired) electrons. The van der Waals surface area contributed by atoms with E-state index in [0.29, 0.717) is 18.2 Å². The molecule has 0 unspecified atom stereocenters. The summed E-state index contributed by atoms with van der Waals surface area (Å²) in [6.07, 6.45) is 0. The summed E-state index contributed by atoms with van der Waals surface area (Å²) in [5.41, 5.74) is -5.16. The molecule has 0 aliphatic carbocycles. The van der Waals surface area contributed by atoms with Gasteiger partial charge in [0, 0.05) is 23.3 Å². The van der Waals surface area contributed by atoms with Crippen LogP contribution in [0.1, 0.15) is 31.1 Å². The minimum atomic E-state index is -1.93. The maximum absolute atomic E-state index is 11.9. The molecular formula is C21H14O15. The molecule has 0 aliphatic rings. The van der Waals surface area contributed by atoms with Gasteiger partial charge in [-0.15, -0.1) is 0 Å². The predicted molar refractivity (Wildman–Crippen MR) is 113 cm³/mol. The van der Waals surface area contributed by atoms with Crippen LogP contribution < -0.4 is 4.74 Å². The molecule has 0 spiro atoms. The van der Waals surface area contributed by atoms with Crippen molar-refractivity contribution in [2.45, 2.75) is 0 Å². The van der Waals surface area contributed by atoms with Crippen molar-refractivity contribution in [3.8, 4) is 68.6 Å². The Morgan fingerprint density at radius 1 is 0.500 bits per heavy atom. The molecule has 3 aromatic rings. The van der Waals surface area contributed by atoms with Gasteiger partial charge < -0.3 is 60.9 Å². The lowest BCUT2D eigenvalue weighted by molar-refractivity contribution is 0.0682. The number of carbonyl (C=O) groups is 3. The van der Waals surface area contributed by atoms with Gasteiger partial charge in [-0.25, -0.2) is 14.4 Å². The Balaban J connectivity index is 2.38. The number of hydrogen-bond acceptors (Lipinski definition) is 12. The van der Waals surface area contributed by atoms with Crippen molar-refractivity contribution in [3.05, 3.63) is 34.9 Å². The molecule has 0 saturated carbocycles. The van der Waals surface area contributed by atoms with E-state index >= 15 is 0 Å². The Morgan fingerprint density at radius 3 is 1.36 bits per heavy atom. The van der Waals surface area contributed by atoms with Crippen LogP contribution >= 0.6 is 0 Å². The molecule has 11 N–H and O–H groups in total. The maximum atomic E-state index is 11.9. The third-order valence-corrected chi connectivity index (χ3v) is 4.85. The number of benzene rings is 3. The minimum Gasteiger partial charge on any atom is -0.504 e. The largest absolute Gasteiger partial charge is 0.504 e. The molecule has 0 bridgehead atoms. The number of aromatic carboxylic acids is 3. The Bertz CT molecular complexity index is 1470. The first-order valence-corrected chi connectivity index (χ1v) is 9.21. The first-order chi connectivity index (χ1) is 16.7. The van der Waals surface area contributed by atoms with Gasteiger partial charge in [0.05, 0.1) is 11.1 Å². The van der Waals surface area contributed by atoms with Crippen LogP contribution in [0.3, 0.4) is 0 Å². The number of hydrogen-bond donors (Lipinski definition) is 11. The Labute approximate surface area is 197 Å². The molecule has 15 heteroatoms. The standard InChI is InChI=1S/C21H14O15/c22-7-1-4(19(30)31)10(15(27)12(7)24)11-5(20(32)33)3-9(14(26)16(11)28)36-18-6(21(34)35)2-8(23)13(25)17(18)29/h1-3,22-29H,(H,30,31)(H,32,33)(H,34,35). The van der Waals surface area contributed by atoms with Crippen LogP contribution in [-0.4, -0.2) is 74.1 Å². The van der Waals surface area contributed by atoms with Gasteiger partial charge in [0.25, 0.3) is 0 Å². The van der Waals surface area contributed by atoms with Crippen molar-refractivity contribution in [1.29, 1.82) is 0 Å². The van der Waals surface area contributed by atoms with E-state index in [0.717, 1.165) is 0 Å². The molecule has 0 fully saturated rings. The smallest absolute Gasteiger partial charge is 0.339 e. The highest BCUT2D eigenvalue weighted by Crippen LogP contribution is 2.54. The van der Waals surface area contributed by atoms with Crippen LogP contribution in [0.15, 0.2) is 18.2 Å². The third kappa shape index (κ3) is 3.81. The molecule has 3 aromatic carbocycles. The number of carboxylic acid groups (broad SMARTS) is 3. The second kappa shape index (κ2) is 8.56. The highest BCUT2D eigenvalue weighted by Gasteiger charge is 2.32. The first-order valence-electron chi connectivity index (χ1n) is 9.21. The monoisotopic (exact) mass is 506 g/mol. The molecule has 3 rings (SSSR count). The minimum absolute atomic E-state index is 0.426. The number of ether oxygens (including phenoxy) is 1. The lowest BCUT2D eigenvalue weighted by atomic mass is 9.92. The van der Waals surface area contributed by atoms with Crippen molar-refractivity contribution in [2.24, 2.45) is 0 Å². The molecule has 188 valence electrons. The van der Waals surface area contributed by atoms with E-state index in [2.05, 4.69) is 0 Å². The summed E-state index contributed by atoms with van der Waals surface area (Å²) in [5, 5.41) is 108. The fourth-order valence-corrected chi connectivity index (χ4v) is 3.20. The van der Waals surface area contributed by atoms with Crippen LogP contribution in [0.25, 0.3) is 11.1 Å². The van der Waals surface area contributed by atoms with Crippen molar-refractivity contribution in [2.75, 3.05) is 0 Å². The molecule has 15 nitrogen and oxygen atoms in total. The van der Waals surface area contributed by atoms with E-state index in [1.807, 2.05) is 0 Å². The third-order valence-electron chi connectivity index (χ3n) is 4.85. The number of carboxylic acids is 3. The molecule has 0 aromatic heterocycles. The zero-order valence-electron chi connectivity index (χ0n) is 17.3. The van der Waals surface area contributed by atoms with E-state index in [1.54, 1.807) is 0 Å². The SMILES string of the molecule is O=C(O)c1cc(O)c(O)c(O)c1Oc1cc(C(=O)O)c(-c2c(C(=O)O)cc(O)c(O)c2O)c(O)c1O. The van der Waals surface area contributed by atoms with Gasteiger partial charge in [0.1, 0.15) is 5.56 Å². The summed E-state index contributed by atoms with van der Waals surface area (Å²) < 4.78 is 5.04. The number of rotatable bonds is 6. The van der Waals surface area contributed by atoms with Gasteiger partial charge in [0.15, 0.2) is 34.5 Å². The first kappa shape index (κ1) is 24.9. The lowest BCUT2D eigenvalue weighted by Gasteiger charge is -2.19. The van der Waals surface area contributed by atoms with Crippen molar-refractivity contribution in [1.82, 2.24) is 0 Å². The highest BCUT2D eigenvalue weighted by atomic mass is 16.5. The van der Waals surface area contributed by atoms with E-state index in [-0.39, 0.29) is 0 Å². The Kier molecular flexibility index (Phi) is 5.92. The van der Waals surface area contributed by atoms with E-state index in [1.165, 1.54) is 0 Å². The van der Waals surface area contributed by atoms with Crippen LogP contribution in [0.5, 0.6) is 57.5 Å². The second-order valence-corrected chi connectivity index (χ2v) is 7.00. The van der Waals surface area contributed by atoms with Crippen molar-refractivity contribution in [3.63, 3.8) is 0 Å². The normalized spacial score (nSPS) is 10.7. The summed E-state index contributed by atoms with van der Waals surface area (Å²) in [7, 11) is 0. The summed E-state index contributed by atoms with van der Waals surface area (Å²) in [6.45, 7) is 0. The van der Waals surface area contributed by atoms with Crippen molar-refractivity contribution >= 4 is 17.9 Å². The average molecular weight is 506 g/mol. The molecule has 0 atom stereocenters. The summed E-state index contributed by atoms with van der Waals surface area (Å²) in [5.74, 6) is -18.0. The second-order valence-electron chi connectivity index (χ2n) is 7.00. The molecule has 36 heavy (non-hydrogen) atoms. The van der Waals surface area contributed by atoms with Crippen LogP contribution in [0.2, 0.25) is 0 Å². The molecular weight excluding hydrogens is 492 g/mol. The maximum Gasteiger partial charge on any atom is 0.339 e. The Morgan fingerprint density at radius 2 is 0.889 bits per heavy atom. The van der Waals surface area contributed by atoms with Crippen molar-refractivity contribution < 1.29 is 75.3 Å². The zero-order chi connectivity index (χ0) is 27.2. The summed E-state index contributed by atoms with van der Waals surface area (Å²) in [4.78, 5) is 35.1. The van der Waals surface area contributed by atoms with Gasteiger partial charge in [-0.2, -0.15) is 0 Å². The zero-order valence-corrected chi connectivity index (χ0v) is 17.3. The van der Waals surface area contributed by atoms with E-state index < -0.39 is 103 Å². The van der Waals surface area contributed by atoms with E-state index in [9.17, 15) is 70.6 Å². The van der Waals surface area contributed by atoms with Crippen LogP contribution in [-0.2, 0) is 0 Å². The van der Waals surface area contributed by atoms with Crippen LogP contribution in [0, 0.1) is 0 Å². The lowest BCUT2D eigenvalue weighted by Crippen LogP contribution is -2.06. The van der Waals surface area contributed by atoms with Gasteiger partial charge in [-0.1, -0.05) is 0 Å². The van der Waals surface area contributed by atoms with E-state index in [4.69, 9.17) is 4.74 Å². The highest BCUT2D eigenvalue weighted by molar-refractivity contribution is 6.07. The van der Waals surface area contributed by atoms with Crippen LogP contribution in [0.4, 0.5) is 0 Å². The Hall–Kier alpha value is -5.73. The predicted octanol–water partition coefficient (Wildman–Crippen LogP) is 1.89. The molecule has 0 aliphatic heterocycles. The average Bonchev–Trinajstić information content (AvgIpc) is 2.80.